The van der Waals surface area contributed by atoms with Crippen LogP contribution in [-0.2, 0) is 0 Å². The number of benzene rings is 11. The second kappa shape index (κ2) is 22.5. The summed E-state index contributed by atoms with van der Waals surface area (Å²) in [6.07, 6.45) is 0. The molecule has 0 saturated carbocycles. The maximum atomic E-state index is 5.71. The molecule has 0 radical (unpaired) electrons. The summed E-state index contributed by atoms with van der Waals surface area (Å²) in [5, 5.41) is 0. The molecular formula is C78H52N8. The first-order valence-corrected chi connectivity index (χ1v) is 28.8. The second-order valence-corrected chi connectivity index (χ2v) is 21.0. The number of hydrogen-bond acceptors (Lipinski definition) is 8. The van der Waals surface area contributed by atoms with E-state index in [1.165, 1.54) is 0 Å². The fraction of sp³-hybridized carbons (Fsp3) is 0. The molecule has 14 aromatic rings. The zero-order valence-corrected chi connectivity index (χ0v) is 46.6. The molecule has 404 valence electrons. The highest BCUT2D eigenvalue weighted by Crippen LogP contribution is 2.60. The number of aromatic nitrogens is 6. The van der Waals surface area contributed by atoms with Gasteiger partial charge in [0.2, 0.25) is 5.95 Å². The van der Waals surface area contributed by atoms with Gasteiger partial charge in [-0.3, -0.25) is 4.90 Å². The average Bonchev–Trinajstić information content (AvgIpc) is 1.44. The van der Waals surface area contributed by atoms with Gasteiger partial charge in [-0.1, -0.05) is 267 Å². The van der Waals surface area contributed by atoms with Gasteiger partial charge in [0.25, 0.3) is 0 Å². The average molecular weight is 1100 g/mol. The van der Waals surface area contributed by atoms with Crippen LogP contribution in [0.3, 0.4) is 0 Å². The maximum absolute atomic E-state index is 5.71. The first-order chi connectivity index (χ1) is 42.7. The molecule has 15 rings (SSSR count). The third kappa shape index (κ3) is 9.72. The summed E-state index contributed by atoms with van der Waals surface area (Å²) in [5.41, 5.74) is 20.5. The number of fused-ring (bicyclic) bond motifs is 2. The summed E-state index contributed by atoms with van der Waals surface area (Å²) < 4.78 is 0. The van der Waals surface area contributed by atoms with Crippen molar-refractivity contribution in [2.75, 3.05) is 9.80 Å². The number of nitrogens with zero attached hydrogens (tertiary/aromatic N) is 8. The van der Waals surface area contributed by atoms with E-state index in [2.05, 4.69) is 277 Å². The van der Waals surface area contributed by atoms with Gasteiger partial charge in [0, 0.05) is 55.6 Å². The van der Waals surface area contributed by atoms with Crippen LogP contribution in [0.4, 0.5) is 34.4 Å². The molecule has 0 bridgehead atoms. The summed E-state index contributed by atoms with van der Waals surface area (Å²) in [7, 11) is 0. The van der Waals surface area contributed by atoms with Crippen LogP contribution >= 0.6 is 0 Å². The highest BCUT2D eigenvalue weighted by atomic mass is 15.3. The van der Waals surface area contributed by atoms with E-state index in [4.69, 9.17) is 29.9 Å². The normalized spacial score (nSPS) is 11.7. The maximum Gasteiger partial charge on any atom is 0.235 e. The van der Waals surface area contributed by atoms with E-state index in [0.717, 1.165) is 129 Å². The van der Waals surface area contributed by atoms with E-state index in [1.807, 2.05) is 48.5 Å². The molecule has 8 heteroatoms. The van der Waals surface area contributed by atoms with Gasteiger partial charge in [0.05, 0.1) is 62.6 Å². The third-order valence-electron chi connectivity index (χ3n) is 15.6. The lowest BCUT2D eigenvalue weighted by Gasteiger charge is -2.41. The molecule has 1 aliphatic heterocycles. The van der Waals surface area contributed by atoms with Gasteiger partial charge in [-0.25, -0.2) is 29.9 Å². The molecule has 0 unspecified atom stereocenters. The minimum absolute atomic E-state index is 0.530. The largest absolute Gasteiger partial charge is 0.305 e. The summed E-state index contributed by atoms with van der Waals surface area (Å²) >= 11 is 0. The Morgan fingerprint density at radius 3 is 0.860 bits per heavy atom. The summed E-state index contributed by atoms with van der Waals surface area (Å²) in [6.45, 7) is 0. The van der Waals surface area contributed by atoms with Gasteiger partial charge < -0.3 is 4.90 Å². The van der Waals surface area contributed by atoms with E-state index < -0.39 is 0 Å². The number of rotatable bonds is 12. The van der Waals surface area contributed by atoms with Crippen LogP contribution < -0.4 is 9.80 Å². The van der Waals surface area contributed by atoms with E-state index in [9.17, 15) is 0 Å². The van der Waals surface area contributed by atoms with Crippen LogP contribution in [0.15, 0.2) is 315 Å². The van der Waals surface area contributed by atoms with Crippen molar-refractivity contribution in [2.24, 2.45) is 0 Å². The molecule has 0 N–H and O–H groups in total. The lowest BCUT2D eigenvalue weighted by atomic mass is 9.84. The van der Waals surface area contributed by atoms with E-state index in [0.29, 0.717) is 17.6 Å². The SMILES string of the molecule is c1ccc(-c2cc(-c3cc(-c4nc(-c5ccccc5)cc(-c5ccccc5)n4)c(N4c5ccccc5N(c5nc(-c6ccccc6)cc(-c6ccccc6)n5)c5ccccc54)c(-c4ccccc4)c3-c3ccccc3)nc(-c3ccccc3)n2)cc1. The van der Waals surface area contributed by atoms with Crippen molar-refractivity contribution in [3.05, 3.63) is 315 Å². The number of anilines is 6. The minimum Gasteiger partial charge on any atom is -0.305 e. The lowest BCUT2D eigenvalue weighted by molar-refractivity contribution is 1.06. The Balaban J connectivity index is 1.09. The topological polar surface area (TPSA) is 83.8 Å². The van der Waals surface area contributed by atoms with Crippen molar-refractivity contribution in [3.8, 4) is 113 Å². The van der Waals surface area contributed by atoms with Gasteiger partial charge in [0.1, 0.15) is 0 Å². The quantitative estimate of drug-likeness (QED) is 0.120. The molecule has 0 fully saturated rings. The first kappa shape index (κ1) is 51.2. The van der Waals surface area contributed by atoms with E-state index in [-0.39, 0.29) is 0 Å². The lowest BCUT2D eigenvalue weighted by Crippen LogP contribution is -2.26. The Morgan fingerprint density at radius 2 is 0.477 bits per heavy atom. The summed E-state index contributed by atoms with van der Waals surface area (Å²) in [6, 6.07) is 109. The molecule has 4 heterocycles. The predicted octanol–water partition coefficient (Wildman–Crippen LogP) is 20.0. The predicted molar refractivity (Wildman–Crippen MR) is 350 cm³/mol. The molecule has 11 aromatic carbocycles. The van der Waals surface area contributed by atoms with Crippen molar-refractivity contribution in [3.63, 3.8) is 0 Å². The number of para-hydroxylation sites is 4. The Kier molecular flexibility index (Phi) is 13.4. The third-order valence-corrected chi connectivity index (χ3v) is 15.6. The highest BCUT2D eigenvalue weighted by molar-refractivity contribution is 6.12. The van der Waals surface area contributed by atoms with E-state index >= 15 is 0 Å². The van der Waals surface area contributed by atoms with Gasteiger partial charge >= 0.3 is 0 Å². The summed E-state index contributed by atoms with van der Waals surface area (Å²) in [5.74, 6) is 1.67. The van der Waals surface area contributed by atoms with Crippen LogP contribution in [0.1, 0.15) is 0 Å². The molecule has 0 aliphatic carbocycles. The Labute approximate surface area is 499 Å². The van der Waals surface area contributed by atoms with Crippen LogP contribution in [0, 0.1) is 0 Å². The fourth-order valence-corrected chi connectivity index (χ4v) is 11.7. The van der Waals surface area contributed by atoms with Crippen molar-refractivity contribution in [2.45, 2.75) is 0 Å². The molecule has 0 amide bonds. The Morgan fingerprint density at radius 1 is 0.198 bits per heavy atom. The van der Waals surface area contributed by atoms with Crippen LogP contribution in [0.2, 0.25) is 0 Å². The summed E-state index contributed by atoms with van der Waals surface area (Å²) in [4.78, 5) is 37.9. The zero-order chi connectivity index (χ0) is 57.2. The fourth-order valence-electron chi connectivity index (χ4n) is 11.7. The molecular weight excluding hydrogens is 1050 g/mol. The van der Waals surface area contributed by atoms with E-state index in [1.54, 1.807) is 0 Å². The van der Waals surface area contributed by atoms with Crippen molar-refractivity contribution >= 4 is 34.4 Å². The Hall–Kier alpha value is -11.7. The standard InChI is InChI=1S/C78H52N8/c1-9-29-53(30-10-1)63-50-64(54-31-11-2-12-32-54)81-77(80-63)62-49-61(68-52-65(55-33-13-3-14-34-55)79-76(82-68)60-43-23-8-24-44-60)73(58-39-19-6-20-40-58)74(59-41-21-7-22-42-59)75(62)85-69-45-25-27-47-71(69)86(72-48-28-26-46-70(72)85)78-83-66(56-35-15-4-16-36-56)51-67(84-78)57-37-17-5-18-38-57/h1-52H. The van der Waals surface area contributed by atoms with Crippen molar-refractivity contribution < 1.29 is 0 Å². The Bertz CT molecular complexity index is 4510. The van der Waals surface area contributed by atoms with Crippen LogP contribution in [0.25, 0.3) is 113 Å². The molecule has 0 atom stereocenters. The van der Waals surface area contributed by atoms with Gasteiger partial charge in [0.15, 0.2) is 11.6 Å². The second-order valence-electron chi connectivity index (χ2n) is 21.0. The van der Waals surface area contributed by atoms with Gasteiger partial charge in [-0.15, -0.1) is 0 Å². The minimum atomic E-state index is 0.530. The molecule has 86 heavy (non-hydrogen) atoms. The zero-order valence-electron chi connectivity index (χ0n) is 46.6. The smallest absolute Gasteiger partial charge is 0.235 e. The molecule has 8 nitrogen and oxygen atoms in total. The molecule has 0 saturated heterocycles. The molecule has 0 spiro atoms. The van der Waals surface area contributed by atoms with Gasteiger partial charge in [-0.2, -0.15) is 0 Å². The van der Waals surface area contributed by atoms with Crippen molar-refractivity contribution in [1.29, 1.82) is 0 Å². The van der Waals surface area contributed by atoms with Crippen molar-refractivity contribution in [1.82, 2.24) is 29.9 Å². The monoisotopic (exact) mass is 1100 g/mol. The van der Waals surface area contributed by atoms with Crippen LogP contribution in [-0.4, -0.2) is 29.9 Å². The number of hydrogen-bond donors (Lipinski definition) is 0. The van der Waals surface area contributed by atoms with Crippen LogP contribution in [0.5, 0.6) is 0 Å². The molecule has 1 aliphatic rings. The first-order valence-electron chi connectivity index (χ1n) is 28.8. The highest BCUT2D eigenvalue weighted by Gasteiger charge is 2.37. The van der Waals surface area contributed by atoms with Gasteiger partial charge in [-0.05, 0) is 59.7 Å². The molecule has 3 aromatic heterocycles.